The van der Waals surface area contributed by atoms with Crippen molar-refractivity contribution >= 4 is 23.2 Å². The molecule has 0 bridgehead atoms. The second kappa shape index (κ2) is 10.1. The second-order valence-electron chi connectivity index (χ2n) is 8.44. The van der Waals surface area contributed by atoms with E-state index >= 15 is 0 Å². The van der Waals surface area contributed by atoms with E-state index < -0.39 is 5.41 Å². The number of nitrogens with zero attached hydrogens (tertiary/aromatic N) is 2. The summed E-state index contributed by atoms with van der Waals surface area (Å²) in [6, 6.07) is 16.4. The minimum Gasteiger partial charge on any atom is -0.359 e. The van der Waals surface area contributed by atoms with Crippen molar-refractivity contribution < 1.29 is 9.59 Å². The Morgan fingerprint density at radius 3 is 2.69 bits per heavy atom. The number of likely N-dealkylation sites (tertiary alicyclic amines) is 1. The van der Waals surface area contributed by atoms with Crippen LogP contribution >= 0.6 is 11.3 Å². The minimum absolute atomic E-state index is 0.0186. The molecule has 1 aliphatic heterocycles. The number of carbonyl (C=O) groups is 2. The summed E-state index contributed by atoms with van der Waals surface area (Å²) in [5, 5.41) is 4.96. The fourth-order valence-corrected chi connectivity index (χ4v) is 5.48. The first-order chi connectivity index (χ1) is 15.6. The molecule has 5 nitrogen and oxygen atoms in total. The van der Waals surface area contributed by atoms with E-state index in [-0.39, 0.29) is 11.8 Å². The average Bonchev–Trinajstić information content (AvgIpc) is 3.38. The van der Waals surface area contributed by atoms with E-state index in [9.17, 15) is 9.59 Å². The number of hydrogen-bond donors (Lipinski definition) is 1. The number of pyridine rings is 1. The summed E-state index contributed by atoms with van der Waals surface area (Å²) in [6.45, 7) is 1.17. The largest absolute Gasteiger partial charge is 0.359 e. The molecule has 0 aliphatic carbocycles. The Morgan fingerprint density at radius 2 is 1.94 bits per heavy atom. The molecule has 2 aromatic heterocycles. The van der Waals surface area contributed by atoms with Crippen molar-refractivity contribution in [2.75, 3.05) is 20.1 Å². The van der Waals surface area contributed by atoms with Gasteiger partial charge in [0.2, 0.25) is 11.8 Å². The molecule has 6 heteroatoms. The zero-order chi connectivity index (χ0) is 22.4. The van der Waals surface area contributed by atoms with Crippen LogP contribution < -0.4 is 5.32 Å². The lowest BCUT2D eigenvalue weighted by molar-refractivity contribution is -0.141. The Kier molecular flexibility index (Phi) is 7.00. The lowest BCUT2D eigenvalue weighted by atomic mass is 9.73. The highest BCUT2D eigenvalue weighted by molar-refractivity contribution is 7.13. The van der Waals surface area contributed by atoms with Crippen LogP contribution in [0.1, 0.15) is 30.4 Å². The maximum atomic E-state index is 13.2. The number of aromatic nitrogens is 1. The lowest BCUT2D eigenvalue weighted by Gasteiger charge is -2.42. The molecular weight excluding hydrogens is 418 g/mol. The molecule has 32 heavy (non-hydrogen) atoms. The quantitative estimate of drug-likeness (QED) is 0.586. The third-order valence-electron chi connectivity index (χ3n) is 6.35. The second-order valence-corrected chi connectivity index (χ2v) is 9.39. The molecular formula is C26H29N3O2S. The molecule has 1 N–H and O–H groups in total. The summed E-state index contributed by atoms with van der Waals surface area (Å²) >= 11 is 1.71. The van der Waals surface area contributed by atoms with Crippen molar-refractivity contribution in [1.29, 1.82) is 0 Å². The van der Waals surface area contributed by atoms with E-state index in [1.54, 1.807) is 30.8 Å². The van der Waals surface area contributed by atoms with Crippen molar-refractivity contribution in [2.24, 2.45) is 5.41 Å². The van der Waals surface area contributed by atoms with E-state index in [0.29, 0.717) is 32.4 Å². The maximum Gasteiger partial charge on any atom is 0.228 e. The van der Waals surface area contributed by atoms with Crippen molar-refractivity contribution in [3.05, 3.63) is 77.4 Å². The molecule has 0 spiro atoms. The Labute approximate surface area is 193 Å². The summed E-state index contributed by atoms with van der Waals surface area (Å²) in [6.07, 6.45) is 6.86. The zero-order valence-electron chi connectivity index (χ0n) is 18.4. The fourth-order valence-electron chi connectivity index (χ4n) is 4.69. The van der Waals surface area contributed by atoms with Gasteiger partial charge in [-0.25, -0.2) is 0 Å². The molecule has 3 aromatic rings. The van der Waals surface area contributed by atoms with Crippen molar-refractivity contribution in [2.45, 2.75) is 32.1 Å². The van der Waals surface area contributed by atoms with E-state index in [2.05, 4.69) is 39.9 Å². The van der Waals surface area contributed by atoms with Gasteiger partial charge >= 0.3 is 0 Å². The number of benzene rings is 1. The van der Waals surface area contributed by atoms with Gasteiger partial charge in [0, 0.05) is 43.8 Å². The molecule has 0 radical (unpaired) electrons. The molecule has 1 fully saturated rings. The number of amides is 2. The number of rotatable bonds is 7. The van der Waals surface area contributed by atoms with E-state index in [4.69, 9.17) is 0 Å². The van der Waals surface area contributed by atoms with Crippen LogP contribution in [0.4, 0.5) is 0 Å². The van der Waals surface area contributed by atoms with Gasteiger partial charge in [-0.15, -0.1) is 11.3 Å². The van der Waals surface area contributed by atoms with Crippen molar-refractivity contribution in [3.8, 4) is 10.4 Å². The molecule has 0 unspecified atom stereocenters. The molecule has 166 valence electrons. The third kappa shape index (κ3) is 4.91. The van der Waals surface area contributed by atoms with E-state index in [1.165, 1.54) is 10.4 Å². The molecule has 1 aliphatic rings. The Hall–Kier alpha value is -2.99. The van der Waals surface area contributed by atoms with Gasteiger partial charge in [-0.2, -0.15) is 0 Å². The molecule has 3 heterocycles. The van der Waals surface area contributed by atoms with Crippen molar-refractivity contribution in [3.63, 3.8) is 0 Å². The average molecular weight is 448 g/mol. The first kappa shape index (κ1) is 22.2. The number of piperidine rings is 1. The van der Waals surface area contributed by atoms with Gasteiger partial charge in [-0.3, -0.25) is 14.6 Å². The number of aryl methyl sites for hydroxylation is 1. The van der Waals surface area contributed by atoms with Crippen LogP contribution in [0.2, 0.25) is 0 Å². The number of carbonyl (C=O) groups excluding carboxylic acids is 2. The van der Waals surface area contributed by atoms with Crippen LogP contribution in [0.15, 0.2) is 66.3 Å². The third-order valence-corrected chi connectivity index (χ3v) is 7.25. The van der Waals surface area contributed by atoms with Gasteiger partial charge in [-0.05, 0) is 66.0 Å². The van der Waals surface area contributed by atoms with Crippen LogP contribution in [0, 0.1) is 5.41 Å². The predicted molar refractivity (Wildman–Crippen MR) is 128 cm³/mol. The van der Waals surface area contributed by atoms with Gasteiger partial charge in [0.25, 0.3) is 0 Å². The highest BCUT2D eigenvalue weighted by Crippen LogP contribution is 2.38. The van der Waals surface area contributed by atoms with Gasteiger partial charge in [0.1, 0.15) is 0 Å². The van der Waals surface area contributed by atoms with Crippen LogP contribution in [-0.4, -0.2) is 41.8 Å². The van der Waals surface area contributed by atoms with E-state index in [0.717, 1.165) is 24.0 Å². The van der Waals surface area contributed by atoms with Crippen LogP contribution in [0.5, 0.6) is 0 Å². The summed E-state index contributed by atoms with van der Waals surface area (Å²) in [4.78, 5) is 33.4. The summed E-state index contributed by atoms with van der Waals surface area (Å²) < 4.78 is 0. The Morgan fingerprint density at radius 1 is 1.12 bits per heavy atom. The minimum atomic E-state index is -0.618. The van der Waals surface area contributed by atoms with Gasteiger partial charge < -0.3 is 10.2 Å². The molecule has 1 saturated heterocycles. The summed E-state index contributed by atoms with van der Waals surface area (Å²) in [5.41, 5.74) is 2.82. The fraction of sp³-hybridized carbons (Fsp3) is 0.346. The van der Waals surface area contributed by atoms with E-state index in [1.807, 2.05) is 29.2 Å². The Balaban J connectivity index is 1.54. The highest BCUT2D eigenvalue weighted by Gasteiger charge is 2.43. The van der Waals surface area contributed by atoms with Gasteiger partial charge in [0.15, 0.2) is 0 Å². The number of thiophene rings is 1. The molecule has 1 atom stereocenters. The predicted octanol–water partition coefficient (Wildman–Crippen LogP) is 4.34. The molecule has 0 saturated carbocycles. The van der Waals surface area contributed by atoms with Gasteiger partial charge in [-0.1, -0.05) is 30.3 Å². The topological polar surface area (TPSA) is 62.3 Å². The van der Waals surface area contributed by atoms with Crippen LogP contribution in [-0.2, 0) is 22.4 Å². The molecule has 1 aromatic carbocycles. The summed E-state index contributed by atoms with van der Waals surface area (Å²) in [7, 11) is 1.69. The Bertz CT molecular complexity index is 1050. The standard InChI is InChI=1S/C26H29N3O2S/c1-27-25(31)26(18-21-6-2-3-7-22(21)23-8-4-17-32-23)13-5-16-29(19-26)24(30)10-9-20-11-14-28-15-12-20/h2-4,6-8,11-12,14-15,17H,5,9-10,13,16,18-19H2,1H3,(H,27,31)/t26-/m0/s1. The zero-order valence-corrected chi connectivity index (χ0v) is 19.2. The monoisotopic (exact) mass is 447 g/mol. The normalized spacial score (nSPS) is 18.3. The van der Waals surface area contributed by atoms with Crippen LogP contribution in [0.3, 0.4) is 0 Å². The first-order valence-corrected chi connectivity index (χ1v) is 12.0. The SMILES string of the molecule is CNC(=O)[C@]1(Cc2ccccc2-c2cccs2)CCCN(C(=O)CCc2ccncc2)C1. The maximum absolute atomic E-state index is 13.2. The smallest absolute Gasteiger partial charge is 0.228 e. The van der Waals surface area contributed by atoms with Gasteiger partial charge in [0.05, 0.1) is 5.41 Å². The summed E-state index contributed by atoms with van der Waals surface area (Å²) in [5.74, 6) is 0.131. The lowest BCUT2D eigenvalue weighted by Crippen LogP contribution is -2.54. The highest BCUT2D eigenvalue weighted by atomic mass is 32.1. The molecule has 4 rings (SSSR count). The van der Waals surface area contributed by atoms with Crippen LogP contribution in [0.25, 0.3) is 10.4 Å². The number of nitrogens with one attached hydrogen (secondary N) is 1. The molecule has 2 amide bonds. The first-order valence-electron chi connectivity index (χ1n) is 11.1. The van der Waals surface area contributed by atoms with Crippen molar-refractivity contribution in [1.82, 2.24) is 15.2 Å². The number of hydrogen-bond acceptors (Lipinski definition) is 4.